The van der Waals surface area contributed by atoms with E-state index in [1.807, 2.05) is 58.0 Å². The fraction of sp³-hybridized carbons (Fsp3) is 0.364. The molecule has 0 spiro atoms. The van der Waals surface area contributed by atoms with Gasteiger partial charge in [0.2, 0.25) is 11.8 Å². The first-order valence-corrected chi connectivity index (χ1v) is 9.27. The van der Waals surface area contributed by atoms with E-state index in [9.17, 15) is 9.59 Å². The predicted octanol–water partition coefficient (Wildman–Crippen LogP) is 4.45. The zero-order chi connectivity index (χ0) is 19.6. The lowest BCUT2D eigenvalue weighted by Gasteiger charge is -2.17. The van der Waals surface area contributed by atoms with Crippen LogP contribution in [0.4, 0.5) is 11.4 Å². The lowest BCUT2D eigenvalue weighted by atomic mass is 10.0. The molecule has 0 aromatic heterocycles. The predicted molar refractivity (Wildman–Crippen MR) is 107 cm³/mol. The SMILES string of the molecule is Cc1ccc(C)c(NC(=O)C2(C(=O)Nc3ccc(OC(C)C)cc3)CC2)c1. The van der Waals surface area contributed by atoms with Crippen LogP contribution in [-0.2, 0) is 9.59 Å². The average molecular weight is 366 g/mol. The van der Waals surface area contributed by atoms with E-state index in [1.165, 1.54) is 0 Å². The monoisotopic (exact) mass is 366 g/mol. The Bertz CT molecular complexity index is 852. The van der Waals surface area contributed by atoms with Crippen molar-refractivity contribution in [3.8, 4) is 5.75 Å². The molecule has 0 aliphatic heterocycles. The Morgan fingerprint density at radius 1 is 0.963 bits per heavy atom. The minimum atomic E-state index is -0.983. The van der Waals surface area contributed by atoms with E-state index in [0.717, 1.165) is 22.6 Å². The van der Waals surface area contributed by atoms with Gasteiger partial charge in [0.1, 0.15) is 11.2 Å². The number of aryl methyl sites for hydroxylation is 2. The largest absolute Gasteiger partial charge is 0.491 e. The first-order chi connectivity index (χ1) is 12.8. The van der Waals surface area contributed by atoms with Crippen molar-refractivity contribution in [3.63, 3.8) is 0 Å². The minimum Gasteiger partial charge on any atom is -0.491 e. The van der Waals surface area contributed by atoms with Crippen molar-refractivity contribution < 1.29 is 14.3 Å². The second kappa shape index (κ2) is 7.43. The van der Waals surface area contributed by atoms with Crippen LogP contribution in [0.5, 0.6) is 5.75 Å². The van der Waals surface area contributed by atoms with Crippen molar-refractivity contribution in [2.24, 2.45) is 5.41 Å². The normalized spacial score (nSPS) is 14.6. The van der Waals surface area contributed by atoms with Crippen molar-refractivity contribution in [2.75, 3.05) is 10.6 Å². The molecule has 1 saturated carbocycles. The number of hydrogen-bond acceptors (Lipinski definition) is 3. The van der Waals surface area contributed by atoms with Gasteiger partial charge in [0.05, 0.1) is 6.10 Å². The van der Waals surface area contributed by atoms with Crippen molar-refractivity contribution in [1.29, 1.82) is 0 Å². The van der Waals surface area contributed by atoms with Gasteiger partial charge >= 0.3 is 0 Å². The molecular weight excluding hydrogens is 340 g/mol. The molecule has 0 unspecified atom stereocenters. The van der Waals surface area contributed by atoms with E-state index >= 15 is 0 Å². The summed E-state index contributed by atoms with van der Waals surface area (Å²) in [7, 11) is 0. The molecule has 1 aliphatic carbocycles. The Balaban J connectivity index is 1.67. The van der Waals surface area contributed by atoms with Crippen LogP contribution >= 0.6 is 0 Å². The van der Waals surface area contributed by atoms with Crippen LogP contribution in [0.3, 0.4) is 0 Å². The molecule has 0 bridgehead atoms. The summed E-state index contributed by atoms with van der Waals surface area (Å²) in [4.78, 5) is 25.5. The summed E-state index contributed by atoms with van der Waals surface area (Å²) < 4.78 is 5.60. The number of benzene rings is 2. The van der Waals surface area contributed by atoms with Crippen LogP contribution in [-0.4, -0.2) is 17.9 Å². The maximum absolute atomic E-state index is 12.8. The number of ether oxygens (including phenoxy) is 1. The maximum Gasteiger partial charge on any atom is 0.240 e. The summed E-state index contributed by atoms with van der Waals surface area (Å²) in [6.45, 7) is 7.83. The number of amides is 2. The van der Waals surface area contributed by atoms with Crippen molar-refractivity contribution >= 4 is 23.2 Å². The third kappa shape index (κ3) is 4.30. The fourth-order valence-electron chi connectivity index (χ4n) is 2.93. The number of hydrogen-bond donors (Lipinski definition) is 2. The van der Waals surface area contributed by atoms with E-state index in [2.05, 4.69) is 10.6 Å². The van der Waals surface area contributed by atoms with Crippen LogP contribution in [0.25, 0.3) is 0 Å². The van der Waals surface area contributed by atoms with Gasteiger partial charge in [-0.3, -0.25) is 9.59 Å². The second-order valence-corrected chi connectivity index (χ2v) is 7.50. The molecule has 0 heterocycles. The van der Waals surface area contributed by atoms with E-state index in [0.29, 0.717) is 18.5 Å². The van der Waals surface area contributed by atoms with Crippen molar-refractivity contribution in [1.82, 2.24) is 0 Å². The van der Waals surface area contributed by atoms with Crippen LogP contribution < -0.4 is 15.4 Å². The van der Waals surface area contributed by atoms with Gasteiger partial charge in [-0.1, -0.05) is 12.1 Å². The second-order valence-electron chi connectivity index (χ2n) is 7.50. The highest BCUT2D eigenvalue weighted by atomic mass is 16.5. The van der Waals surface area contributed by atoms with Gasteiger partial charge in [-0.25, -0.2) is 0 Å². The van der Waals surface area contributed by atoms with Gasteiger partial charge in [-0.2, -0.15) is 0 Å². The highest BCUT2D eigenvalue weighted by molar-refractivity contribution is 6.17. The number of anilines is 2. The Morgan fingerprint density at radius 3 is 2.19 bits per heavy atom. The van der Waals surface area contributed by atoms with Gasteiger partial charge in [-0.05, 0) is 82.0 Å². The molecule has 0 atom stereocenters. The number of rotatable bonds is 6. The van der Waals surface area contributed by atoms with Gasteiger partial charge in [-0.15, -0.1) is 0 Å². The molecule has 1 fully saturated rings. The third-order valence-electron chi connectivity index (χ3n) is 4.74. The van der Waals surface area contributed by atoms with Crippen LogP contribution in [0.1, 0.15) is 37.8 Å². The summed E-state index contributed by atoms with van der Waals surface area (Å²) in [5.41, 5.74) is 2.47. The number of nitrogens with one attached hydrogen (secondary N) is 2. The first-order valence-electron chi connectivity index (χ1n) is 9.27. The molecule has 142 valence electrons. The van der Waals surface area contributed by atoms with Crippen molar-refractivity contribution in [3.05, 3.63) is 53.6 Å². The molecule has 3 rings (SSSR count). The standard InChI is InChI=1S/C22H26N2O3/c1-14(2)27-18-9-7-17(8-10-18)23-20(25)22(11-12-22)21(26)24-19-13-15(3)5-6-16(19)4/h5-10,13-14H,11-12H2,1-4H3,(H,23,25)(H,24,26). The lowest BCUT2D eigenvalue weighted by Crippen LogP contribution is -2.35. The van der Waals surface area contributed by atoms with Crippen LogP contribution in [0, 0.1) is 19.3 Å². The minimum absolute atomic E-state index is 0.0916. The quantitative estimate of drug-likeness (QED) is 0.742. The summed E-state index contributed by atoms with van der Waals surface area (Å²) >= 11 is 0. The molecule has 27 heavy (non-hydrogen) atoms. The summed E-state index contributed by atoms with van der Waals surface area (Å²) in [5, 5.41) is 5.79. The fourth-order valence-corrected chi connectivity index (χ4v) is 2.93. The summed E-state index contributed by atoms with van der Waals surface area (Å²) in [6, 6.07) is 13.1. The summed E-state index contributed by atoms with van der Waals surface area (Å²) in [6.07, 6.45) is 1.21. The topological polar surface area (TPSA) is 67.4 Å². The molecule has 5 heteroatoms. The molecule has 2 aromatic carbocycles. The zero-order valence-corrected chi connectivity index (χ0v) is 16.3. The lowest BCUT2D eigenvalue weighted by molar-refractivity contribution is -0.131. The van der Waals surface area contributed by atoms with Gasteiger partial charge < -0.3 is 15.4 Å². The van der Waals surface area contributed by atoms with Crippen LogP contribution in [0.15, 0.2) is 42.5 Å². The van der Waals surface area contributed by atoms with Crippen LogP contribution in [0.2, 0.25) is 0 Å². The van der Waals surface area contributed by atoms with E-state index < -0.39 is 5.41 Å². The van der Waals surface area contributed by atoms with E-state index in [1.54, 1.807) is 12.1 Å². The molecule has 0 radical (unpaired) electrons. The Kier molecular flexibility index (Phi) is 5.22. The van der Waals surface area contributed by atoms with Gasteiger partial charge in [0.25, 0.3) is 0 Å². The Labute approximate surface area is 160 Å². The van der Waals surface area contributed by atoms with E-state index in [4.69, 9.17) is 4.74 Å². The summed E-state index contributed by atoms with van der Waals surface area (Å²) in [5.74, 6) is 0.244. The van der Waals surface area contributed by atoms with E-state index in [-0.39, 0.29) is 17.9 Å². The highest BCUT2D eigenvalue weighted by Crippen LogP contribution is 2.47. The molecular formula is C22H26N2O3. The third-order valence-corrected chi connectivity index (χ3v) is 4.74. The smallest absolute Gasteiger partial charge is 0.240 e. The van der Waals surface area contributed by atoms with Crippen molar-refractivity contribution in [2.45, 2.75) is 46.6 Å². The molecule has 0 saturated heterocycles. The van der Waals surface area contributed by atoms with Gasteiger partial charge in [0.15, 0.2) is 0 Å². The Morgan fingerprint density at radius 2 is 1.59 bits per heavy atom. The molecule has 2 aromatic rings. The zero-order valence-electron chi connectivity index (χ0n) is 16.3. The molecule has 2 N–H and O–H groups in total. The van der Waals surface area contributed by atoms with Gasteiger partial charge in [0, 0.05) is 11.4 Å². The molecule has 5 nitrogen and oxygen atoms in total. The number of carbonyl (C=O) groups excluding carboxylic acids is 2. The maximum atomic E-state index is 12.8. The number of carbonyl (C=O) groups is 2. The first kappa shape index (κ1) is 19.0. The molecule has 2 amide bonds. The highest BCUT2D eigenvalue weighted by Gasteiger charge is 2.56. The molecule has 1 aliphatic rings. The average Bonchev–Trinajstić information content (AvgIpc) is 3.41. The Hall–Kier alpha value is -2.82.